The van der Waals surface area contributed by atoms with Gasteiger partial charge >= 0.3 is 0 Å². The third-order valence-electron chi connectivity index (χ3n) is 1.28. The smallest absolute Gasteiger partial charge is 0.163 e. The molecule has 2 nitrogen and oxygen atoms in total. The number of para-hydroxylation sites is 1. The molecule has 1 aromatic rings. The first-order valence-electron chi connectivity index (χ1n) is 3.01. The van der Waals surface area contributed by atoms with Crippen LogP contribution in [0.25, 0.3) is 0 Å². The van der Waals surface area contributed by atoms with E-state index >= 15 is 0 Å². The maximum Gasteiger partial charge on any atom is 0.163 e. The molecular weight excluding hydrogens is 268 g/mol. The fourth-order valence-electron chi connectivity index (χ4n) is 0.771. The van der Waals surface area contributed by atoms with Crippen LogP contribution in [0.3, 0.4) is 0 Å². The first kappa shape index (κ1) is 11.1. The average molecular weight is 276 g/mol. The van der Waals surface area contributed by atoms with E-state index < -0.39 is 0 Å². The standard InChI is InChI=1S/C8H8O2.Ce/c1-6(9)7-4-2-3-5-8(7)10;/h2-5,10H,1H3;. The average Bonchev–Trinajstić information content (AvgIpc) is 1.88. The summed E-state index contributed by atoms with van der Waals surface area (Å²) >= 11 is 0. The van der Waals surface area contributed by atoms with Crippen molar-refractivity contribution in [1.82, 2.24) is 0 Å². The van der Waals surface area contributed by atoms with Crippen molar-refractivity contribution in [2.24, 2.45) is 0 Å². The molecule has 56 valence electrons. The second-order valence-corrected chi connectivity index (χ2v) is 2.07. The Bertz CT molecular complexity index is 258. The molecule has 0 atom stereocenters. The van der Waals surface area contributed by atoms with Gasteiger partial charge in [-0.05, 0) is 19.1 Å². The molecule has 0 aliphatic rings. The van der Waals surface area contributed by atoms with Crippen LogP contribution in [0.1, 0.15) is 17.3 Å². The number of carbonyl (C=O) groups is 1. The maximum absolute atomic E-state index is 10.7. The number of Topliss-reactive ketones (excluding diaryl/α,β-unsaturated/α-hetero) is 1. The molecule has 1 aromatic carbocycles. The summed E-state index contributed by atoms with van der Waals surface area (Å²) in [5.41, 5.74) is 0.377. The van der Waals surface area contributed by atoms with Gasteiger partial charge in [-0.15, -0.1) is 0 Å². The largest absolute Gasteiger partial charge is 0.507 e. The molecule has 0 amide bonds. The van der Waals surface area contributed by atoms with Gasteiger partial charge in [-0.25, -0.2) is 0 Å². The summed E-state index contributed by atoms with van der Waals surface area (Å²) in [6.45, 7) is 1.43. The Hall–Kier alpha value is 0.0666. The van der Waals surface area contributed by atoms with Gasteiger partial charge in [-0.1, -0.05) is 12.1 Å². The van der Waals surface area contributed by atoms with Crippen molar-refractivity contribution < 1.29 is 51.6 Å². The molecule has 0 aromatic heterocycles. The summed E-state index contributed by atoms with van der Waals surface area (Å²) in [5.74, 6) is -0.0619. The van der Waals surface area contributed by atoms with Crippen LogP contribution in [0, 0.1) is 41.7 Å². The van der Waals surface area contributed by atoms with Crippen LogP contribution >= 0.6 is 0 Å². The second-order valence-electron chi connectivity index (χ2n) is 2.07. The number of aromatic hydroxyl groups is 1. The van der Waals surface area contributed by atoms with Crippen molar-refractivity contribution in [2.75, 3.05) is 0 Å². The van der Waals surface area contributed by atoms with E-state index in [-0.39, 0.29) is 53.3 Å². The number of carbonyl (C=O) groups excluding carboxylic acids is 1. The quantitative estimate of drug-likeness (QED) is 0.791. The van der Waals surface area contributed by atoms with Crippen molar-refractivity contribution in [2.45, 2.75) is 6.92 Å². The zero-order valence-corrected chi connectivity index (χ0v) is 9.30. The van der Waals surface area contributed by atoms with E-state index in [0.29, 0.717) is 5.56 Å². The number of ketones is 1. The first-order valence-corrected chi connectivity index (χ1v) is 3.01. The minimum Gasteiger partial charge on any atom is -0.507 e. The molecule has 0 spiro atoms. The molecule has 11 heavy (non-hydrogen) atoms. The minimum atomic E-state index is -0.113. The molecule has 0 saturated heterocycles. The Morgan fingerprint density at radius 3 is 2.27 bits per heavy atom. The zero-order valence-electron chi connectivity index (χ0n) is 6.16. The van der Waals surface area contributed by atoms with E-state index in [1.165, 1.54) is 13.0 Å². The first-order chi connectivity index (χ1) is 4.72. The Morgan fingerprint density at radius 1 is 1.36 bits per heavy atom. The Morgan fingerprint density at radius 2 is 1.91 bits per heavy atom. The molecule has 0 heterocycles. The van der Waals surface area contributed by atoms with Crippen molar-refractivity contribution in [3.8, 4) is 5.75 Å². The number of benzene rings is 1. The molecular formula is C8H8CeO2. The maximum atomic E-state index is 10.7. The van der Waals surface area contributed by atoms with Gasteiger partial charge in [0.15, 0.2) is 5.78 Å². The van der Waals surface area contributed by atoms with Crippen LogP contribution < -0.4 is 0 Å². The molecule has 0 saturated carbocycles. The molecule has 0 aliphatic heterocycles. The van der Waals surface area contributed by atoms with Crippen LogP contribution in [0.15, 0.2) is 24.3 Å². The SMILES string of the molecule is CC(=O)c1ccccc1O.[Ce]. The normalized spacial score (nSPS) is 8.45. The van der Waals surface area contributed by atoms with E-state index in [1.807, 2.05) is 0 Å². The van der Waals surface area contributed by atoms with Gasteiger partial charge < -0.3 is 5.11 Å². The number of phenolic OH excluding ortho intramolecular Hbond substituents is 1. The van der Waals surface area contributed by atoms with Crippen LogP contribution in [-0.2, 0) is 0 Å². The molecule has 1 rings (SSSR count). The summed E-state index contributed by atoms with van der Waals surface area (Å²) in [4.78, 5) is 10.7. The molecule has 0 unspecified atom stereocenters. The van der Waals surface area contributed by atoms with Crippen LogP contribution in [0.2, 0.25) is 0 Å². The summed E-state index contributed by atoms with van der Waals surface area (Å²) in [7, 11) is 0. The van der Waals surface area contributed by atoms with Gasteiger partial charge in [-0.2, -0.15) is 0 Å². The summed E-state index contributed by atoms with van der Waals surface area (Å²) in [6, 6.07) is 6.49. The molecule has 0 fully saturated rings. The summed E-state index contributed by atoms with van der Waals surface area (Å²) in [5, 5.41) is 9.06. The van der Waals surface area contributed by atoms with Crippen molar-refractivity contribution in [3.05, 3.63) is 29.8 Å². The van der Waals surface area contributed by atoms with E-state index in [2.05, 4.69) is 0 Å². The second kappa shape index (κ2) is 4.85. The zero-order chi connectivity index (χ0) is 7.56. The Kier molecular flexibility index (Phi) is 4.88. The van der Waals surface area contributed by atoms with Gasteiger partial charge in [-0.3, -0.25) is 4.79 Å². The van der Waals surface area contributed by atoms with Gasteiger partial charge in [0.1, 0.15) is 5.75 Å². The Balaban J connectivity index is 0.000001000. The van der Waals surface area contributed by atoms with E-state index in [1.54, 1.807) is 18.2 Å². The minimum absolute atomic E-state index is 0. The number of hydrogen-bond donors (Lipinski definition) is 1. The Labute approximate surface area is 99.0 Å². The van der Waals surface area contributed by atoms with Crippen molar-refractivity contribution in [3.63, 3.8) is 0 Å². The topological polar surface area (TPSA) is 37.3 Å². The monoisotopic (exact) mass is 276 g/mol. The van der Waals surface area contributed by atoms with Crippen LogP contribution in [0.4, 0.5) is 0 Å². The van der Waals surface area contributed by atoms with Gasteiger partial charge in [0.05, 0.1) is 5.56 Å². The van der Waals surface area contributed by atoms with E-state index in [0.717, 1.165) is 0 Å². The molecule has 0 aliphatic carbocycles. The van der Waals surface area contributed by atoms with Crippen molar-refractivity contribution >= 4 is 5.78 Å². The van der Waals surface area contributed by atoms with Gasteiger partial charge in [0.2, 0.25) is 0 Å². The predicted octanol–water partition coefficient (Wildman–Crippen LogP) is 1.59. The summed E-state index contributed by atoms with van der Waals surface area (Å²) in [6.07, 6.45) is 0. The van der Waals surface area contributed by atoms with E-state index in [4.69, 9.17) is 5.11 Å². The third kappa shape index (κ3) is 2.89. The van der Waals surface area contributed by atoms with Crippen LogP contribution in [-0.4, -0.2) is 10.9 Å². The summed E-state index contributed by atoms with van der Waals surface area (Å²) < 4.78 is 0. The van der Waals surface area contributed by atoms with Crippen molar-refractivity contribution in [1.29, 1.82) is 0 Å². The fourth-order valence-corrected chi connectivity index (χ4v) is 0.771. The molecule has 0 bridgehead atoms. The number of phenols is 1. The molecule has 3 heteroatoms. The van der Waals surface area contributed by atoms with Gasteiger partial charge in [0.25, 0.3) is 0 Å². The molecule has 1 N–H and O–H groups in total. The predicted molar refractivity (Wildman–Crippen MR) is 38.1 cm³/mol. The third-order valence-corrected chi connectivity index (χ3v) is 1.28. The van der Waals surface area contributed by atoms with Gasteiger partial charge in [0, 0.05) is 41.7 Å². The number of rotatable bonds is 1. The fraction of sp³-hybridized carbons (Fsp3) is 0.125. The van der Waals surface area contributed by atoms with Crippen LogP contribution in [0.5, 0.6) is 5.75 Å². The molecule has 0 radical (unpaired) electrons. The van der Waals surface area contributed by atoms with E-state index in [9.17, 15) is 4.79 Å². The number of hydrogen-bond acceptors (Lipinski definition) is 2.